The van der Waals surface area contributed by atoms with Crippen molar-refractivity contribution in [3.05, 3.63) is 29.1 Å². The Morgan fingerprint density at radius 1 is 1.43 bits per heavy atom. The maximum Gasteiger partial charge on any atom is 0.261 e. The largest absolute Gasteiger partial charge is 0.381 e. The first-order valence-electron chi connectivity index (χ1n) is 7.74. The lowest BCUT2D eigenvalue weighted by Gasteiger charge is -2.20. The molecule has 0 saturated carbocycles. The van der Waals surface area contributed by atoms with Crippen LogP contribution in [-0.2, 0) is 17.7 Å². The van der Waals surface area contributed by atoms with Crippen molar-refractivity contribution in [2.45, 2.75) is 44.6 Å². The average molecular weight is 296 g/mol. The van der Waals surface area contributed by atoms with Gasteiger partial charge in [-0.1, -0.05) is 13.0 Å². The van der Waals surface area contributed by atoms with E-state index in [-0.39, 0.29) is 13.0 Å². The van der Waals surface area contributed by atoms with Crippen molar-refractivity contribution in [3.63, 3.8) is 0 Å². The number of ether oxygens (including phenoxy) is 1. The molecule has 0 unspecified atom stereocenters. The number of aryl methyl sites for hydroxylation is 1. The molecular weight excluding hydrogens is 274 g/mol. The Balaban J connectivity index is 1.81. The van der Waals surface area contributed by atoms with Gasteiger partial charge in [-0.3, -0.25) is 9.88 Å². The standard InChI is InChI=1S/C16H22F2N2O/c1-2-13-3-4-14(12-5-8-21-10-12)15(19-13)9-20-7-6-16(17,18)11-20/h3-4,12H,2,5-11H2,1H3/t12-/m1/s1. The minimum Gasteiger partial charge on any atom is -0.381 e. The number of halogens is 2. The number of hydrogen-bond acceptors (Lipinski definition) is 3. The summed E-state index contributed by atoms with van der Waals surface area (Å²) < 4.78 is 32.2. The number of hydrogen-bond donors (Lipinski definition) is 0. The Hall–Kier alpha value is -1.07. The molecule has 0 radical (unpaired) electrons. The lowest BCUT2D eigenvalue weighted by Crippen LogP contribution is -2.26. The van der Waals surface area contributed by atoms with Crippen molar-refractivity contribution in [2.24, 2.45) is 0 Å². The molecule has 0 amide bonds. The van der Waals surface area contributed by atoms with Gasteiger partial charge >= 0.3 is 0 Å². The van der Waals surface area contributed by atoms with Crippen LogP contribution in [0.3, 0.4) is 0 Å². The van der Waals surface area contributed by atoms with Crippen LogP contribution >= 0.6 is 0 Å². The third-order valence-corrected chi connectivity index (χ3v) is 4.42. The van der Waals surface area contributed by atoms with E-state index >= 15 is 0 Å². The van der Waals surface area contributed by atoms with Crippen LogP contribution < -0.4 is 0 Å². The van der Waals surface area contributed by atoms with E-state index < -0.39 is 5.92 Å². The molecule has 2 fully saturated rings. The molecule has 0 bridgehead atoms. The fourth-order valence-corrected chi connectivity index (χ4v) is 3.19. The average Bonchev–Trinajstić information content (AvgIpc) is 3.08. The molecule has 0 N–H and O–H groups in total. The molecule has 3 heterocycles. The maximum atomic E-state index is 13.4. The highest BCUT2D eigenvalue weighted by Gasteiger charge is 2.38. The molecular formula is C16H22F2N2O. The molecule has 3 nitrogen and oxygen atoms in total. The van der Waals surface area contributed by atoms with Gasteiger partial charge < -0.3 is 4.74 Å². The second-order valence-electron chi connectivity index (χ2n) is 6.07. The van der Waals surface area contributed by atoms with E-state index in [1.807, 2.05) is 4.90 Å². The zero-order chi connectivity index (χ0) is 14.9. The summed E-state index contributed by atoms with van der Waals surface area (Å²) in [5.74, 6) is -2.18. The Morgan fingerprint density at radius 2 is 2.29 bits per heavy atom. The van der Waals surface area contributed by atoms with Crippen molar-refractivity contribution in [3.8, 4) is 0 Å². The second-order valence-corrected chi connectivity index (χ2v) is 6.07. The van der Waals surface area contributed by atoms with Crippen molar-refractivity contribution < 1.29 is 13.5 Å². The number of likely N-dealkylation sites (tertiary alicyclic amines) is 1. The summed E-state index contributed by atoms with van der Waals surface area (Å²) in [5.41, 5.74) is 3.17. The van der Waals surface area contributed by atoms with Crippen molar-refractivity contribution in [1.29, 1.82) is 0 Å². The summed E-state index contributed by atoms with van der Waals surface area (Å²) in [4.78, 5) is 6.53. The molecule has 116 valence electrons. The van der Waals surface area contributed by atoms with Crippen molar-refractivity contribution in [1.82, 2.24) is 9.88 Å². The summed E-state index contributed by atoms with van der Waals surface area (Å²) in [7, 11) is 0. The fraction of sp³-hybridized carbons (Fsp3) is 0.688. The predicted octanol–water partition coefficient (Wildman–Crippen LogP) is 2.99. The van der Waals surface area contributed by atoms with E-state index in [4.69, 9.17) is 9.72 Å². The van der Waals surface area contributed by atoms with E-state index in [0.717, 1.165) is 37.4 Å². The predicted molar refractivity (Wildman–Crippen MR) is 76.6 cm³/mol. The smallest absolute Gasteiger partial charge is 0.261 e. The molecule has 2 saturated heterocycles. The van der Waals surface area contributed by atoms with Gasteiger partial charge in [-0.05, 0) is 24.5 Å². The topological polar surface area (TPSA) is 25.4 Å². The Kier molecular flexibility index (Phi) is 4.22. The van der Waals surface area contributed by atoms with Gasteiger partial charge in [-0.25, -0.2) is 8.78 Å². The molecule has 2 aliphatic rings. The number of pyridine rings is 1. The van der Waals surface area contributed by atoms with Crippen LogP contribution in [0.1, 0.15) is 42.6 Å². The Morgan fingerprint density at radius 3 is 2.90 bits per heavy atom. The van der Waals surface area contributed by atoms with Crippen LogP contribution in [0, 0.1) is 0 Å². The highest BCUT2D eigenvalue weighted by atomic mass is 19.3. The van der Waals surface area contributed by atoms with E-state index in [0.29, 0.717) is 19.0 Å². The molecule has 5 heteroatoms. The van der Waals surface area contributed by atoms with E-state index in [1.165, 1.54) is 5.56 Å². The lowest BCUT2D eigenvalue weighted by atomic mass is 9.96. The Bertz CT molecular complexity index is 501. The van der Waals surface area contributed by atoms with Crippen LogP contribution in [0.2, 0.25) is 0 Å². The van der Waals surface area contributed by atoms with Crippen LogP contribution in [0.15, 0.2) is 12.1 Å². The monoisotopic (exact) mass is 296 g/mol. The number of alkyl halides is 2. The minimum atomic E-state index is -2.54. The normalized spacial score (nSPS) is 25.6. The first-order valence-corrected chi connectivity index (χ1v) is 7.74. The third-order valence-electron chi connectivity index (χ3n) is 4.42. The lowest BCUT2D eigenvalue weighted by molar-refractivity contribution is 0.0113. The van der Waals surface area contributed by atoms with Gasteiger partial charge in [0.2, 0.25) is 0 Å². The van der Waals surface area contributed by atoms with Gasteiger partial charge in [0.1, 0.15) is 0 Å². The van der Waals surface area contributed by atoms with Crippen molar-refractivity contribution in [2.75, 3.05) is 26.3 Å². The highest BCUT2D eigenvalue weighted by molar-refractivity contribution is 5.28. The summed E-state index contributed by atoms with van der Waals surface area (Å²) >= 11 is 0. The number of rotatable bonds is 4. The number of nitrogens with zero attached hydrogens (tertiary/aromatic N) is 2. The quantitative estimate of drug-likeness (QED) is 0.854. The summed E-state index contributed by atoms with van der Waals surface area (Å²) in [6, 6.07) is 4.17. The Labute approximate surface area is 124 Å². The van der Waals surface area contributed by atoms with Crippen LogP contribution in [0.5, 0.6) is 0 Å². The first-order chi connectivity index (χ1) is 10.1. The fourth-order valence-electron chi connectivity index (χ4n) is 3.19. The second kappa shape index (κ2) is 5.97. The molecule has 1 atom stereocenters. The van der Waals surface area contributed by atoms with Gasteiger partial charge in [0.15, 0.2) is 0 Å². The summed E-state index contributed by atoms with van der Waals surface area (Å²) in [6.45, 7) is 4.39. The van der Waals surface area contributed by atoms with Gasteiger partial charge in [0.25, 0.3) is 5.92 Å². The third kappa shape index (κ3) is 3.40. The van der Waals surface area contributed by atoms with Crippen molar-refractivity contribution >= 4 is 0 Å². The molecule has 2 aliphatic heterocycles. The molecule has 0 aliphatic carbocycles. The molecule has 21 heavy (non-hydrogen) atoms. The summed E-state index contributed by atoms with van der Waals surface area (Å²) in [6.07, 6.45) is 1.82. The molecule has 0 aromatic carbocycles. The molecule has 1 aromatic rings. The molecule has 1 aromatic heterocycles. The van der Waals surface area contributed by atoms with E-state index in [2.05, 4.69) is 19.1 Å². The molecule has 3 rings (SSSR count). The zero-order valence-corrected chi connectivity index (χ0v) is 12.4. The molecule has 0 spiro atoms. The summed E-state index contributed by atoms with van der Waals surface area (Å²) in [5, 5.41) is 0. The first kappa shape index (κ1) is 14.9. The highest BCUT2D eigenvalue weighted by Crippen LogP contribution is 2.31. The minimum absolute atomic E-state index is 0.0393. The number of aromatic nitrogens is 1. The maximum absolute atomic E-state index is 13.4. The van der Waals surface area contributed by atoms with Gasteiger partial charge in [0.05, 0.1) is 18.8 Å². The van der Waals surface area contributed by atoms with Gasteiger partial charge in [0, 0.05) is 37.7 Å². The van der Waals surface area contributed by atoms with Gasteiger partial charge in [-0.2, -0.15) is 0 Å². The van der Waals surface area contributed by atoms with E-state index in [1.54, 1.807) is 0 Å². The zero-order valence-electron chi connectivity index (χ0n) is 12.4. The van der Waals surface area contributed by atoms with Crippen LogP contribution in [-0.4, -0.2) is 42.1 Å². The van der Waals surface area contributed by atoms with Crippen LogP contribution in [0.25, 0.3) is 0 Å². The SMILES string of the molecule is CCc1ccc([C@@H]2CCOC2)c(CN2CCC(F)(F)C2)n1. The van der Waals surface area contributed by atoms with Gasteiger partial charge in [-0.15, -0.1) is 0 Å². The van der Waals surface area contributed by atoms with E-state index in [9.17, 15) is 8.78 Å². The van der Waals surface area contributed by atoms with Crippen LogP contribution in [0.4, 0.5) is 8.78 Å².